The summed E-state index contributed by atoms with van der Waals surface area (Å²) in [4.78, 5) is 24.1. The van der Waals surface area contributed by atoms with E-state index >= 15 is 0 Å². The number of hydrogen-bond donors (Lipinski definition) is 2. The van der Waals surface area contributed by atoms with E-state index in [2.05, 4.69) is 25.5 Å². The standard InChI is InChI=1S/C23H31F3N6O/c1-15(33)31(2)18-4-6-19(7-5-18)32-12-17(13-32)27-9-10-28-22-20-11-16(23(24,25)26)3-8-21(20)29-14-30-22/h3,8,11,14,17-19,27H,4-7,9-10,12-13H2,1-2H3,(H,28,29,30). The first-order valence-corrected chi connectivity index (χ1v) is 11.5. The van der Waals surface area contributed by atoms with Crippen LogP contribution in [0.4, 0.5) is 19.0 Å². The molecule has 0 bridgehead atoms. The number of carbonyl (C=O) groups is 1. The summed E-state index contributed by atoms with van der Waals surface area (Å²) in [7, 11) is 1.89. The van der Waals surface area contributed by atoms with Crippen LogP contribution < -0.4 is 10.6 Å². The maximum absolute atomic E-state index is 13.0. The predicted molar refractivity (Wildman–Crippen MR) is 121 cm³/mol. The molecule has 0 spiro atoms. The van der Waals surface area contributed by atoms with E-state index < -0.39 is 11.7 Å². The maximum atomic E-state index is 13.0. The third kappa shape index (κ3) is 5.55. The molecule has 2 fully saturated rings. The summed E-state index contributed by atoms with van der Waals surface area (Å²) in [5.74, 6) is 0.548. The molecule has 0 atom stereocenters. The third-order valence-electron chi connectivity index (χ3n) is 6.95. The lowest BCUT2D eigenvalue weighted by Gasteiger charge is -2.47. The number of benzene rings is 1. The SMILES string of the molecule is CC(=O)N(C)C1CCC(N2CC(NCCNc3ncnc4ccc(C(F)(F)F)cc34)C2)CC1. The number of nitrogens with one attached hydrogen (secondary N) is 2. The number of fused-ring (bicyclic) bond motifs is 1. The van der Waals surface area contributed by atoms with Crippen LogP contribution in [0.15, 0.2) is 24.5 Å². The van der Waals surface area contributed by atoms with Gasteiger partial charge in [-0.25, -0.2) is 9.97 Å². The molecule has 1 saturated carbocycles. The molecule has 1 aromatic carbocycles. The molecule has 2 N–H and O–H groups in total. The monoisotopic (exact) mass is 464 g/mol. The van der Waals surface area contributed by atoms with E-state index in [9.17, 15) is 18.0 Å². The van der Waals surface area contributed by atoms with Gasteiger partial charge in [-0.3, -0.25) is 9.69 Å². The van der Waals surface area contributed by atoms with E-state index in [1.54, 1.807) is 6.92 Å². The smallest absolute Gasteiger partial charge is 0.368 e. The quantitative estimate of drug-likeness (QED) is 0.614. The first kappa shape index (κ1) is 23.7. The van der Waals surface area contributed by atoms with Gasteiger partial charge in [-0.15, -0.1) is 0 Å². The number of halogens is 3. The fourth-order valence-corrected chi connectivity index (χ4v) is 4.84. The second-order valence-electron chi connectivity index (χ2n) is 9.08. The number of carbonyl (C=O) groups excluding carboxylic acids is 1. The molecule has 180 valence electrons. The van der Waals surface area contributed by atoms with Gasteiger partial charge in [-0.1, -0.05) is 0 Å². The van der Waals surface area contributed by atoms with E-state index in [-0.39, 0.29) is 5.91 Å². The number of aromatic nitrogens is 2. The molecule has 0 radical (unpaired) electrons. The summed E-state index contributed by atoms with van der Waals surface area (Å²) in [6.07, 6.45) is 1.32. The Hall–Kier alpha value is -2.46. The number of hydrogen-bond acceptors (Lipinski definition) is 6. The molecule has 10 heteroatoms. The number of anilines is 1. The number of rotatable bonds is 7. The van der Waals surface area contributed by atoms with Gasteiger partial charge >= 0.3 is 6.18 Å². The minimum Gasteiger partial charge on any atom is -0.368 e. The Bertz CT molecular complexity index is 970. The minimum atomic E-state index is -4.40. The fraction of sp³-hybridized carbons (Fsp3) is 0.609. The first-order chi connectivity index (χ1) is 15.7. The van der Waals surface area contributed by atoms with Gasteiger partial charge in [0, 0.05) is 63.7 Å². The lowest BCUT2D eigenvalue weighted by molar-refractivity contribution is -0.137. The highest BCUT2D eigenvalue weighted by atomic mass is 19.4. The highest BCUT2D eigenvalue weighted by Crippen LogP contribution is 2.32. The zero-order valence-corrected chi connectivity index (χ0v) is 19.0. The summed E-state index contributed by atoms with van der Waals surface area (Å²) in [5.41, 5.74) is -0.227. The van der Waals surface area contributed by atoms with Crippen molar-refractivity contribution in [2.45, 2.75) is 56.9 Å². The van der Waals surface area contributed by atoms with Crippen molar-refractivity contribution in [1.29, 1.82) is 0 Å². The molecule has 33 heavy (non-hydrogen) atoms. The number of nitrogens with zero attached hydrogens (tertiary/aromatic N) is 4. The van der Waals surface area contributed by atoms with Crippen LogP contribution in [-0.2, 0) is 11.0 Å². The van der Waals surface area contributed by atoms with Crippen LogP contribution in [0.3, 0.4) is 0 Å². The van der Waals surface area contributed by atoms with Crippen molar-refractivity contribution in [3.8, 4) is 0 Å². The second kappa shape index (κ2) is 9.80. The molecule has 2 heterocycles. The molecule has 0 unspecified atom stereocenters. The summed E-state index contributed by atoms with van der Waals surface area (Å²) >= 11 is 0. The Balaban J connectivity index is 1.19. The van der Waals surface area contributed by atoms with Crippen molar-refractivity contribution in [3.05, 3.63) is 30.1 Å². The summed E-state index contributed by atoms with van der Waals surface area (Å²) < 4.78 is 39.1. The van der Waals surface area contributed by atoms with Crippen LogP contribution in [-0.4, -0.2) is 77.0 Å². The second-order valence-corrected chi connectivity index (χ2v) is 9.08. The van der Waals surface area contributed by atoms with Gasteiger partial charge in [0.2, 0.25) is 5.91 Å². The summed E-state index contributed by atoms with van der Waals surface area (Å²) in [5, 5.41) is 7.01. The molecule has 7 nitrogen and oxygen atoms in total. The highest BCUT2D eigenvalue weighted by Gasteiger charge is 2.35. The lowest BCUT2D eigenvalue weighted by atomic mass is 9.87. The molecule has 1 amide bonds. The average molecular weight is 465 g/mol. The Morgan fingerprint density at radius 2 is 1.88 bits per heavy atom. The highest BCUT2D eigenvalue weighted by molar-refractivity contribution is 5.89. The Morgan fingerprint density at radius 3 is 2.55 bits per heavy atom. The van der Waals surface area contributed by atoms with E-state index in [1.165, 1.54) is 12.4 Å². The molecular weight excluding hydrogens is 433 g/mol. The summed E-state index contributed by atoms with van der Waals surface area (Å²) in [6.45, 7) is 4.88. The van der Waals surface area contributed by atoms with Gasteiger partial charge in [0.25, 0.3) is 0 Å². The lowest BCUT2D eigenvalue weighted by Crippen LogP contribution is -2.62. The van der Waals surface area contributed by atoms with E-state index in [1.807, 2.05) is 11.9 Å². The van der Waals surface area contributed by atoms with Gasteiger partial charge in [0.05, 0.1) is 11.1 Å². The molecule has 2 aliphatic rings. The van der Waals surface area contributed by atoms with Crippen molar-refractivity contribution in [2.75, 3.05) is 38.5 Å². The maximum Gasteiger partial charge on any atom is 0.416 e. The zero-order valence-electron chi connectivity index (χ0n) is 19.0. The van der Waals surface area contributed by atoms with Gasteiger partial charge in [0.1, 0.15) is 12.1 Å². The van der Waals surface area contributed by atoms with Crippen LogP contribution in [0.5, 0.6) is 0 Å². The average Bonchev–Trinajstić information content (AvgIpc) is 2.76. The van der Waals surface area contributed by atoms with Crippen molar-refractivity contribution < 1.29 is 18.0 Å². The molecule has 1 saturated heterocycles. The largest absolute Gasteiger partial charge is 0.416 e. The number of amides is 1. The topological polar surface area (TPSA) is 73.4 Å². The van der Waals surface area contributed by atoms with Crippen molar-refractivity contribution in [1.82, 2.24) is 25.1 Å². The van der Waals surface area contributed by atoms with Crippen molar-refractivity contribution in [3.63, 3.8) is 0 Å². The van der Waals surface area contributed by atoms with Crippen LogP contribution in [0.2, 0.25) is 0 Å². The molecule has 1 aliphatic heterocycles. The minimum absolute atomic E-state index is 0.135. The van der Waals surface area contributed by atoms with Gasteiger partial charge in [0.15, 0.2) is 0 Å². The zero-order chi connectivity index (χ0) is 23.6. The Labute approximate surface area is 191 Å². The molecule has 2 aromatic rings. The normalized spacial score (nSPS) is 22.2. The van der Waals surface area contributed by atoms with Crippen LogP contribution in [0.1, 0.15) is 38.2 Å². The van der Waals surface area contributed by atoms with E-state index in [4.69, 9.17) is 0 Å². The summed E-state index contributed by atoms with van der Waals surface area (Å²) in [6, 6.07) is 4.88. The van der Waals surface area contributed by atoms with Crippen LogP contribution >= 0.6 is 0 Å². The first-order valence-electron chi connectivity index (χ1n) is 11.5. The van der Waals surface area contributed by atoms with Crippen LogP contribution in [0.25, 0.3) is 10.9 Å². The van der Waals surface area contributed by atoms with Crippen molar-refractivity contribution >= 4 is 22.6 Å². The number of likely N-dealkylation sites (tertiary alicyclic amines) is 1. The van der Waals surface area contributed by atoms with Crippen molar-refractivity contribution in [2.24, 2.45) is 0 Å². The number of alkyl halides is 3. The molecular formula is C23H31F3N6O. The van der Waals surface area contributed by atoms with Gasteiger partial charge in [-0.2, -0.15) is 13.2 Å². The Kier molecular flexibility index (Phi) is 7.04. The Morgan fingerprint density at radius 1 is 1.15 bits per heavy atom. The van der Waals surface area contributed by atoms with E-state index in [0.29, 0.717) is 47.9 Å². The third-order valence-corrected chi connectivity index (χ3v) is 6.95. The molecule has 4 rings (SSSR count). The molecule has 1 aromatic heterocycles. The fourth-order valence-electron chi connectivity index (χ4n) is 4.84. The predicted octanol–water partition coefficient (Wildman–Crippen LogP) is 3.12. The van der Waals surface area contributed by atoms with Crippen LogP contribution in [0, 0.1) is 0 Å². The van der Waals surface area contributed by atoms with Gasteiger partial charge < -0.3 is 15.5 Å². The molecule has 1 aliphatic carbocycles. The van der Waals surface area contributed by atoms with E-state index in [0.717, 1.165) is 50.9 Å². The van der Waals surface area contributed by atoms with Gasteiger partial charge in [-0.05, 0) is 43.9 Å².